The van der Waals surface area contributed by atoms with Gasteiger partial charge in [0.25, 0.3) is 0 Å². The molecule has 0 fully saturated rings. The summed E-state index contributed by atoms with van der Waals surface area (Å²) in [7, 11) is 0. The maximum atomic E-state index is 12.9. The summed E-state index contributed by atoms with van der Waals surface area (Å²) in [6, 6.07) is 17.0. The summed E-state index contributed by atoms with van der Waals surface area (Å²) in [6.07, 6.45) is 0.835. The van der Waals surface area contributed by atoms with E-state index in [0.29, 0.717) is 0 Å². The minimum atomic E-state index is -0.198. The topological polar surface area (TPSA) is 26.0 Å². The third-order valence-corrected chi connectivity index (χ3v) is 3.23. The minimum absolute atomic E-state index is 0.0671. The molecule has 2 heteroatoms. The van der Waals surface area contributed by atoms with Crippen molar-refractivity contribution in [2.24, 2.45) is 5.73 Å². The van der Waals surface area contributed by atoms with Gasteiger partial charge in [-0.25, -0.2) is 4.39 Å². The maximum Gasteiger partial charge on any atom is 0.123 e. The fourth-order valence-corrected chi connectivity index (χ4v) is 2.18. The van der Waals surface area contributed by atoms with E-state index in [0.717, 1.165) is 12.0 Å². The van der Waals surface area contributed by atoms with Crippen molar-refractivity contribution >= 4 is 0 Å². The van der Waals surface area contributed by atoms with Crippen LogP contribution in [-0.2, 0) is 6.42 Å². The second-order valence-electron chi connectivity index (χ2n) is 4.71. The highest BCUT2D eigenvalue weighted by Crippen LogP contribution is 2.23. The van der Waals surface area contributed by atoms with E-state index in [1.165, 1.54) is 17.7 Å². The van der Waals surface area contributed by atoms with Crippen molar-refractivity contribution in [1.29, 1.82) is 0 Å². The van der Waals surface area contributed by atoms with Gasteiger partial charge in [-0.15, -0.1) is 0 Å². The molecule has 94 valence electrons. The van der Waals surface area contributed by atoms with Crippen molar-refractivity contribution < 1.29 is 4.39 Å². The maximum absolute atomic E-state index is 12.9. The molecule has 18 heavy (non-hydrogen) atoms. The molecule has 0 heterocycles. The van der Waals surface area contributed by atoms with Crippen LogP contribution in [0, 0.1) is 5.82 Å². The van der Waals surface area contributed by atoms with Crippen LogP contribution in [0.1, 0.15) is 24.0 Å². The van der Waals surface area contributed by atoms with Crippen molar-refractivity contribution in [3.8, 4) is 0 Å². The van der Waals surface area contributed by atoms with Crippen molar-refractivity contribution in [2.75, 3.05) is 0 Å². The Labute approximate surface area is 107 Å². The summed E-state index contributed by atoms with van der Waals surface area (Å²) in [4.78, 5) is 0. The van der Waals surface area contributed by atoms with Crippen LogP contribution >= 0.6 is 0 Å². The Hall–Kier alpha value is -1.67. The third-order valence-electron chi connectivity index (χ3n) is 3.23. The van der Waals surface area contributed by atoms with E-state index >= 15 is 0 Å². The highest BCUT2D eigenvalue weighted by molar-refractivity contribution is 5.25. The number of benzene rings is 2. The minimum Gasteiger partial charge on any atom is -0.327 e. The second kappa shape index (κ2) is 5.78. The molecule has 0 saturated heterocycles. The normalized spacial score (nSPS) is 14.2. The summed E-state index contributed by atoms with van der Waals surface area (Å²) in [5.74, 6) is 0.0625. The molecule has 2 rings (SSSR count). The van der Waals surface area contributed by atoms with Crippen LogP contribution in [0.4, 0.5) is 4.39 Å². The van der Waals surface area contributed by atoms with Gasteiger partial charge in [-0.05, 0) is 36.6 Å². The lowest BCUT2D eigenvalue weighted by atomic mass is 9.87. The average molecular weight is 243 g/mol. The van der Waals surface area contributed by atoms with Gasteiger partial charge in [-0.1, -0.05) is 42.5 Å². The monoisotopic (exact) mass is 243 g/mol. The number of rotatable bonds is 4. The number of hydrogen-bond acceptors (Lipinski definition) is 1. The van der Waals surface area contributed by atoms with E-state index in [9.17, 15) is 4.39 Å². The standard InChI is InChI=1S/C16H18FN/c1-12(18)16(14-5-3-2-4-6-14)11-13-7-9-15(17)10-8-13/h2-10,12,16H,11,18H2,1H3. The van der Waals surface area contributed by atoms with Gasteiger partial charge in [0.2, 0.25) is 0 Å². The van der Waals surface area contributed by atoms with Gasteiger partial charge >= 0.3 is 0 Å². The predicted octanol–water partition coefficient (Wildman–Crippen LogP) is 3.50. The van der Waals surface area contributed by atoms with Crippen molar-refractivity contribution in [3.05, 3.63) is 71.5 Å². The van der Waals surface area contributed by atoms with Crippen molar-refractivity contribution in [1.82, 2.24) is 0 Å². The largest absolute Gasteiger partial charge is 0.327 e. The summed E-state index contributed by atoms with van der Waals surface area (Å²) in [5.41, 5.74) is 8.42. The molecule has 0 radical (unpaired) electrons. The molecule has 0 aliphatic rings. The molecular formula is C16H18FN. The molecule has 2 unspecified atom stereocenters. The molecule has 0 spiro atoms. The van der Waals surface area contributed by atoms with Gasteiger partial charge in [-0.2, -0.15) is 0 Å². The first-order valence-electron chi connectivity index (χ1n) is 6.22. The first kappa shape index (κ1) is 12.8. The Morgan fingerprint density at radius 3 is 2.17 bits per heavy atom. The Morgan fingerprint density at radius 2 is 1.61 bits per heavy atom. The van der Waals surface area contributed by atoms with Gasteiger partial charge in [0.05, 0.1) is 0 Å². The predicted molar refractivity (Wildman–Crippen MR) is 72.9 cm³/mol. The first-order chi connectivity index (χ1) is 8.66. The Bertz CT molecular complexity index is 476. The molecule has 0 amide bonds. The summed E-state index contributed by atoms with van der Waals surface area (Å²) < 4.78 is 12.9. The van der Waals surface area contributed by atoms with Gasteiger partial charge in [0, 0.05) is 12.0 Å². The van der Waals surface area contributed by atoms with Crippen LogP contribution in [0.5, 0.6) is 0 Å². The van der Waals surface area contributed by atoms with Crippen LogP contribution in [-0.4, -0.2) is 6.04 Å². The van der Waals surface area contributed by atoms with Crippen LogP contribution in [0.2, 0.25) is 0 Å². The van der Waals surface area contributed by atoms with Gasteiger partial charge in [-0.3, -0.25) is 0 Å². The second-order valence-corrected chi connectivity index (χ2v) is 4.71. The molecule has 2 aromatic carbocycles. The van der Waals surface area contributed by atoms with E-state index in [-0.39, 0.29) is 17.8 Å². The Morgan fingerprint density at radius 1 is 1.00 bits per heavy atom. The summed E-state index contributed by atoms with van der Waals surface area (Å²) in [5, 5.41) is 0. The molecule has 2 aromatic rings. The number of halogens is 1. The van der Waals surface area contributed by atoms with E-state index in [1.807, 2.05) is 37.3 Å². The molecule has 2 atom stereocenters. The lowest BCUT2D eigenvalue weighted by molar-refractivity contribution is 0.564. The summed E-state index contributed by atoms with van der Waals surface area (Å²) >= 11 is 0. The highest BCUT2D eigenvalue weighted by Gasteiger charge is 2.16. The van der Waals surface area contributed by atoms with Crippen LogP contribution in [0.15, 0.2) is 54.6 Å². The number of hydrogen-bond donors (Lipinski definition) is 1. The molecular weight excluding hydrogens is 225 g/mol. The molecule has 0 saturated carbocycles. The van der Waals surface area contributed by atoms with Crippen LogP contribution in [0.25, 0.3) is 0 Å². The lowest BCUT2D eigenvalue weighted by Crippen LogP contribution is -2.26. The zero-order valence-corrected chi connectivity index (χ0v) is 10.5. The third kappa shape index (κ3) is 3.17. The zero-order valence-electron chi connectivity index (χ0n) is 10.5. The van der Waals surface area contributed by atoms with E-state index in [1.54, 1.807) is 0 Å². The van der Waals surface area contributed by atoms with Gasteiger partial charge in [0.15, 0.2) is 0 Å². The van der Waals surface area contributed by atoms with E-state index in [2.05, 4.69) is 12.1 Å². The number of nitrogens with two attached hydrogens (primary N) is 1. The smallest absolute Gasteiger partial charge is 0.123 e. The molecule has 2 N–H and O–H groups in total. The van der Waals surface area contributed by atoms with Crippen molar-refractivity contribution in [2.45, 2.75) is 25.3 Å². The van der Waals surface area contributed by atoms with E-state index < -0.39 is 0 Å². The van der Waals surface area contributed by atoms with Crippen molar-refractivity contribution in [3.63, 3.8) is 0 Å². The molecule has 0 aliphatic heterocycles. The first-order valence-corrected chi connectivity index (χ1v) is 6.22. The quantitative estimate of drug-likeness (QED) is 0.874. The SMILES string of the molecule is CC(N)C(Cc1ccc(F)cc1)c1ccccc1. The molecule has 0 bridgehead atoms. The molecule has 1 nitrogen and oxygen atoms in total. The zero-order chi connectivity index (χ0) is 13.0. The van der Waals surface area contributed by atoms with Crippen LogP contribution in [0.3, 0.4) is 0 Å². The van der Waals surface area contributed by atoms with E-state index in [4.69, 9.17) is 5.73 Å². The highest BCUT2D eigenvalue weighted by atomic mass is 19.1. The average Bonchev–Trinajstić information content (AvgIpc) is 2.38. The van der Waals surface area contributed by atoms with Gasteiger partial charge < -0.3 is 5.73 Å². The Kier molecular flexibility index (Phi) is 4.11. The van der Waals surface area contributed by atoms with Gasteiger partial charge in [0.1, 0.15) is 5.82 Å². The fraction of sp³-hybridized carbons (Fsp3) is 0.250. The Balaban J connectivity index is 2.19. The summed E-state index contributed by atoms with van der Waals surface area (Å²) in [6.45, 7) is 2.02. The van der Waals surface area contributed by atoms with Crippen LogP contribution < -0.4 is 5.73 Å². The molecule has 0 aromatic heterocycles. The fourth-order valence-electron chi connectivity index (χ4n) is 2.18. The lowest BCUT2D eigenvalue weighted by Gasteiger charge is -2.21. The molecule has 0 aliphatic carbocycles.